The summed E-state index contributed by atoms with van der Waals surface area (Å²) in [6, 6.07) is 17.0. The summed E-state index contributed by atoms with van der Waals surface area (Å²) in [6.45, 7) is 2.08. The van der Waals surface area contributed by atoms with Gasteiger partial charge in [-0.05, 0) is 30.7 Å². The van der Waals surface area contributed by atoms with Crippen molar-refractivity contribution in [1.29, 1.82) is 10.5 Å². The van der Waals surface area contributed by atoms with Crippen molar-refractivity contribution in [3.05, 3.63) is 81.9 Å². The number of hydrogen-bond acceptors (Lipinski definition) is 7. The van der Waals surface area contributed by atoms with Crippen molar-refractivity contribution in [1.82, 2.24) is 10.2 Å². The summed E-state index contributed by atoms with van der Waals surface area (Å²) in [5.74, 6) is 0.947. The van der Waals surface area contributed by atoms with Gasteiger partial charge in [0.2, 0.25) is 11.8 Å². The number of nitrogens with zero attached hydrogens (tertiary/aromatic N) is 3. The molecule has 0 unspecified atom stereocenters. The zero-order chi connectivity index (χ0) is 22.0. The lowest BCUT2D eigenvalue weighted by molar-refractivity contribution is 0.284. The molecule has 1 aliphatic heterocycles. The van der Waals surface area contributed by atoms with Crippen molar-refractivity contribution in [2.24, 2.45) is 5.73 Å². The fourth-order valence-electron chi connectivity index (χ4n) is 3.63. The van der Waals surface area contributed by atoms with Gasteiger partial charge in [-0.2, -0.15) is 10.5 Å². The minimum atomic E-state index is -0.449. The van der Waals surface area contributed by atoms with Crippen LogP contribution >= 0.6 is 0 Å². The Kier molecular flexibility index (Phi) is 5.21. The number of rotatable bonds is 5. The van der Waals surface area contributed by atoms with Crippen LogP contribution in [0.5, 0.6) is 17.4 Å². The number of nitrogens with one attached hydrogen (secondary N) is 1. The number of hydrogen-bond donors (Lipinski definition) is 2. The number of fused-ring (bicyclic) bond motifs is 1. The molecule has 2 aromatic carbocycles. The predicted molar refractivity (Wildman–Crippen MR) is 111 cm³/mol. The van der Waals surface area contributed by atoms with E-state index in [1.54, 1.807) is 19.2 Å². The van der Waals surface area contributed by atoms with Gasteiger partial charge in [-0.15, -0.1) is 5.10 Å². The second-order valence-electron chi connectivity index (χ2n) is 6.96. The molecule has 0 amide bonds. The van der Waals surface area contributed by atoms with Gasteiger partial charge in [-0.1, -0.05) is 24.3 Å². The summed E-state index contributed by atoms with van der Waals surface area (Å²) in [6.07, 6.45) is 0. The van der Waals surface area contributed by atoms with E-state index in [1.165, 1.54) is 0 Å². The second kappa shape index (κ2) is 8.13. The number of aryl methyl sites for hydroxylation is 1. The minimum absolute atomic E-state index is 0.0268. The van der Waals surface area contributed by atoms with Crippen molar-refractivity contribution in [2.45, 2.75) is 19.4 Å². The quantitative estimate of drug-likeness (QED) is 0.655. The Morgan fingerprint density at radius 2 is 1.97 bits per heavy atom. The molecule has 2 heterocycles. The van der Waals surface area contributed by atoms with E-state index in [-0.39, 0.29) is 12.5 Å². The molecule has 4 rings (SSSR count). The minimum Gasteiger partial charge on any atom is -0.493 e. The number of aromatic amines is 1. The van der Waals surface area contributed by atoms with E-state index in [0.29, 0.717) is 28.5 Å². The summed E-state index contributed by atoms with van der Waals surface area (Å²) >= 11 is 0. The third-order valence-electron chi connectivity index (χ3n) is 5.17. The highest BCUT2D eigenvalue weighted by molar-refractivity contribution is 5.57. The molecule has 0 bridgehead atoms. The van der Waals surface area contributed by atoms with Gasteiger partial charge in [-0.3, -0.25) is 5.10 Å². The number of ether oxygens (including phenoxy) is 3. The lowest BCUT2D eigenvalue weighted by Gasteiger charge is -2.24. The topological polar surface area (TPSA) is 130 Å². The maximum atomic E-state index is 9.71. The Hall–Kier alpha value is -4.43. The molecule has 1 atom stereocenters. The molecule has 3 aromatic rings. The molecule has 8 nitrogen and oxygen atoms in total. The molecule has 0 saturated carbocycles. The lowest BCUT2D eigenvalue weighted by atomic mass is 9.84. The van der Waals surface area contributed by atoms with E-state index in [4.69, 9.17) is 19.9 Å². The van der Waals surface area contributed by atoms with Crippen LogP contribution in [0.15, 0.2) is 53.9 Å². The van der Waals surface area contributed by atoms with Crippen LogP contribution in [0.4, 0.5) is 0 Å². The van der Waals surface area contributed by atoms with Crippen LogP contribution in [0.3, 0.4) is 0 Å². The first-order valence-corrected chi connectivity index (χ1v) is 9.48. The number of nitriles is 2. The molecule has 0 fully saturated rings. The van der Waals surface area contributed by atoms with Crippen molar-refractivity contribution in [2.75, 3.05) is 7.11 Å². The Balaban J connectivity index is 1.69. The average Bonchev–Trinajstić information content (AvgIpc) is 3.16. The van der Waals surface area contributed by atoms with E-state index in [0.717, 1.165) is 22.4 Å². The van der Waals surface area contributed by atoms with Crippen molar-refractivity contribution < 1.29 is 14.2 Å². The molecular weight excluding hydrogens is 394 g/mol. The number of aromatic nitrogens is 2. The summed E-state index contributed by atoms with van der Waals surface area (Å²) in [5.41, 5.74) is 9.94. The number of nitrogens with two attached hydrogens (primary N) is 1. The largest absolute Gasteiger partial charge is 0.493 e. The number of benzene rings is 2. The molecule has 0 radical (unpaired) electrons. The van der Waals surface area contributed by atoms with Gasteiger partial charge < -0.3 is 19.9 Å². The molecule has 0 saturated heterocycles. The van der Waals surface area contributed by atoms with E-state index in [9.17, 15) is 10.5 Å². The Bertz CT molecular complexity index is 1260. The standard InChI is InChI=1S/C23H19N5O3/c1-13-20-21(17(11-25)22(26)31-23(20)28-27-13)14-7-8-18(19(9-14)29-2)30-12-16-6-4-3-5-15(16)10-24/h3-9,21H,12,26H2,1-2H3,(H,27,28)/t21-/m1/s1. The predicted octanol–water partition coefficient (Wildman–Crippen LogP) is 3.40. The van der Waals surface area contributed by atoms with Crippen LogP contribution < -0.4 is 19.9 Å². The molecule has 154 valence electrons. The molecule has 0 aliphatic carbocycles. The monoisotopic (exact) mass is 413 g/mol. The lowest BCUT2D eigenvalue weighted by Crippen LogP contribution is -2.21. The first-order valence-electron chi connectivity index (χ1n) is 9.48. The Morgan fingerprint density at radius 1 is 1.16 bits per heavy atom. The van der Waals surface area contributed by atoms with Crippen LogP contribution in [0.2, 0.25) is 0 Å². The molecule has 31 heavy (non-hydrogen) atoms. The Labute approximate surface area is 179 Å². The van der Waals surface area contributed by atoms with Gasteiger partial charge in [0.25, 0.3) is 0 Å². The van der Waals surface area contributed by atoms with Gasteiger partial charge in [0.05, 0.1) is 24.7 Å². The summed E-state index contributed by atoms with van der Waals surface area (Å²) < 4.78 is 17.0. The van der Waals surface area contributed by atoms with Crippen LogP contribution in [0.25, 0.3) is 0 Å². The average molecular weight is 413 g/mol. The molecule has 1 aliphatic rings. The normalized spacial score (nSPS) is 14.8. The number of H-pyrrole nitrogens is 1. The molecule has 3 N–H and O–H groups in total. The SMILES string of the molecule is COc1cc([C@@H]2C(C#N)=C(N)Oc3n[nH]c(C)c32)ccc1OCc1ccccc1C#N. The van der Waals surface area contributed by atoms with Gasteiger partial charge in [0.15, 0.2) is 11.5 Å². The van der Waals surface area contributed by atoms with Gasteiger partial charge >= 0.3 is 0 Å². The first-order chi connectivity index (χ1) is 15.1. The van der Waals surface area contributed by atoms with E-state index in [2.05, 4.69) is 22.3 Å². The highest BCUT2D eigenvalue weighted by Crippen LogP contribution is 2.44. The fourth-order valence-corrected chi connectivity index (χ4v) is 3.63. The van der Waals surface area contributed by atoms with Crippen molar-refractivity contribution in [3.63, 3.8) is 0 Å². The fraction of sp³-hybridized carbons (Fsp3) is 0.174. The molecule has 1 aromatic heterocycles. The zero-order valence-electron chi connectivity index (χ0n) is 17.0. The first kappa shape index (κ1) is 19.9. The van der Waals surface area contributed by atoms with Gasteiger partial charge in [0.1, 0.15) is 18.2 Å². The highest BCUT2D eigenvalue weighted by atomic mass is 16.5. The maximum Gasteiger partial charge on any atom is 0.244 e. The number of methoxy groups -OCH3 is 1. The second-order valence-corrected chi connectivity index (χ2v) is 6.96. The molecule has 0 spiro atoms. The van der Waals surface area contributed by atoms with Gasteiger partial charge in [-0.25, -0.2) is 0 Å². The molecular formula is C23H19N5O3. The summed E-state index contributed by atoms with van der Waals surface area (Å²) in [5, 5.41) is 26.0. The Morgan fingerprint density at radius 3 is 2.71 bits per heavy atom. The number of allylic oxidation sites excluding steroid dienone is 1. The van der Waals surface area contributed by atoms with E-state index in [1.807, 2.05) is 37.3 Å². The van der Waals surface area contributed by atoms with Crippen molar-refractivity contribution >= 4 is 0 Å². The van der Waals surface area contributed by atoms with Crippen LogP contribution in [-0.2, 0) is 6.61 Å². The van der Waals surface area contributed by atoms with Crippen molar-refractivity contribution in [3.8, 4) is 29.5 Å². The van der Waals surface area contributed by atoms with Crippen LogP contribution in [0.1, 0.15) is 33.9 Å². The van der Waals surface area contributed by atoms with E-state index >= 15 is 0 Å². The highest BCUT2D eigenvalue weighted by Gasteiger charge is 2.34. The van der Waals surface area contributed by atoms with Gasteiger partial charge in [0, 0.05) is 16.8 Å². The third kappa shape index (κ3) is 3.52. The maximum absolute atomic E-state index is 9.71. The zero-order valence-corrected chi connectivity index (χ0v) is 17.0. The summed E-state index contributed by atoms with van der Waals surface area (Å²) in [7, 11) is 1.54. The van der Waals surface area contributed by atoms with Crippen LogP contribution in [0, 0.1) is 29.6 Å². The summed E-state index contributed by atoms with van der Waals surface area (Å²) in [4.78, 5) is 0. The molecule has 8 heteroatoms. The van der Waals surface area contributed by atoms with Crippen LogP contribution in [-0.4, -0.2) is 17.3 Å². The van der Waals surface area contributed by atoms with E-state index < -0.39 is 5.92 Å². The third-order valence-corrected chi connectivity index (χ3v) is 5.17. The smallest absolute Gasteiger partial charge is 0.244 e.